The number of aliphatic imine (C=N–C) groups is 1. The number of rotatable bonds is 6. The standard InChI is InChI=1S/C24H24ClN5O5S2/c1-26-23(29-37(34,35)21-10-6-9-20(15-21)28-36(2,32)33)30-16-24(31,18-7-4-3-5-8-18)22(27-30)17-11-13-19(25)14-12-17/h3-15,28,31H,16H2,1-2H3,(H,26,29). The van der Waals surface area contributed by atoms with Crippen LogP contribution in [0.25, 0.3) is 0 Å². The molecule has 194 valence electrons. The van der Waals surface area contributed by atoms with Crippen molar-refractivity contribution >= 4 is 49.0 Å². The van der Waals surface area contributed by atoms with Gasteiger partial charge in [-0.15, -0.1) is 0 Å². The molecular formula is C24H24ClN5O5S2. The molecule has 4 rings (SSSR count). The fraction of sp³-hybridized carbons (Fsp3) is 0.167. The first-order valence-corrected chi connectivity index (χ1v) is 14.6. The van der Waals surface area contributed by atoms with Crippen LogP contribution in [-0.4, -0.2) is 58.5 Å². The van der Waals surface area contributed by atoms with Crippen LogP contribution in [0.15, 0.2) is 93.9 Å². The molecule has 1 atom stereocenters. The van der Waals surface area contributed by atoms with Crippen LogP contribution in [0, 0.1) is 0 Å². The molecule has 1 heterocycles. The van der Waals surface area contributed by atoms with Gasteiger partial charge in [0.25, 0.3) is 10.0 Å². The van der Waals surface area contributed by atoms with Crippen LogP contribution in [0.5, 0.6) is 0 Å². The maximum Gasteiger partial charge on any atom is 0.264 e. The number of hydrogen-bond donors (Lipinski definition) is 3. The van der Waals surface area contributed by atoms with Gasteiger partial charge in [0.05, 0.1) is 17.7 Å². The molecule has 0 aromatic heterocycles. The van der Waals surface area contributed by atoms with Gasteiger partial charge >= 0.3 is 0 Å². The molecule has 3 aromatic rings. The van der Waals surface area contributed by atoms with E-state index in [1.54, 1.807) is 48.5 Å². The number of β-amino-alcohol motifs (C(OH)–C–C–N with tert-alkyl or cyclic N) is 1. The van der Waals surface area contributed by atoms with Crippen molar-refractivity contribution in [3.05, 3.63) is 95.0 Å². The van der Waals surface area contributed by atoms with Gasteiger partial charge in [-0.3, -0.25) is 9.71 Å². The van der Waals surface area contributed by atoms with Gasteiger partial charge in [0, 0.05) is 23.3 Å². The summed E-state index contributed by atoms with van der Waals surface area (Å²) >= 11 is 6.04. The highest BCUT2D eigenvalue weighted by Gasteiger charge is 2.45. The first-order valence-electron chi connectivity index (χ1n) is 10.9. The maximum absolute atomic E-state index is 13.2. The van der Waals surface area contributed by atoms with E-state index in [9.17, 15) is 21.9 Å². The lowest BCUT2D eigenvalue weighted by atomic mass is 9.86. The number of hydrazone groups is 1. The zero-order valence-corrected chi connectivity index (χ0v) is 22.2. The molecule has 0 aliphatic carbocycles. The van der Waals surface area contributed by atoms with E-state index in [-0.39, 0.29) is 28.8 Å². The van der Waals surface area contributed by atoms with Crippen LogP contribution in [0.3, 0.4) is 0 Å². The third-order valence-electron chi connectivity index (χ3n) is 5.49. The van der Waals surface area contributed by atoms with Crippen LogP contribution in [0.2, 0.25) is 5.02 Å². The molecule has 0 radical (unpaired) electrons. The van der Waals surface area contributed by atoms with E-state index < -0.39 is 25.6 Å². The highest BCUT2D eigenvalue weighted by Crippen LogP contribution is 2.33. The van der Waals surface area contributed by atoms with Crippen molar-refractivity contribution in [3.8, 4) is 0 Å². The number of nitrogens with one attached hydrogen (secondary N) is 2. The van der Waals surface area contributed by atoms with Crippen molar-refractivity contribution < 1.29 is 21.9 Å². The van der Waals surface area contributed by atoms with Gasteiger partial charge in [-0.1, -0.05) is 60.1 Å². The van der Waals surface area contributed by atoms with E-state index in [1.165, 1.54) is 36.3 Å². The summed E-state index contributed by atoms with van der Waals surface area (Å²) in [4.78, 5) is 3.87. The third-order valence-corrected chi connectivity index (χ3v) is 7.67. The van der Waals surface area contributed by atoms with Gasteiger partial charge in [-0.05, 0) is 35.9 Å². The number of nitrogens with zero attached hydrogens (tertiary/aromatic N) is 3. The Labute approximate surface area is 220 Å². The minimum Gasteiger partial charge on any atom is -0.377 e. The second-order valence-electron chi connectivity index (χ2n) is 8.29. The van der Waals surface area contributed by atoms with Gasteiger partial charge in [0.1, 0.15) is 5.71 Å². The Kier molecular flexibility index (Phi) is 7.29. The third kappa shape index (κ3) is 5.93. The summed E-state index contributed by atoms with van der Waals surface area (Å²) in [6.07, 6.45) is 0.964. The molecule has 1 aliphatic rings. The van der Waals surface area contributed by atoms with Crippen LogP contribution < -0.4 is 9.44 Å². The van der Waals surface area contributed by atoms with Crippen LogP contribution in [0.4, 0.5) is 5.69 Å². The van der Waals surface area contributed by atoms with E-state index in [0.717, 1.165) is 6.26 Å². The van der Waals surface area contributed by atoms with Crippen molar-refractivity contribution in [3.63, 3.8) is 0 Å². The minimum absolute atomic E-state index is 0.0861. The quantitative estimate of drug-likeness (QED) is 0.312. The van der Waals surface area contributed by atoms with Gasteiger partial charge in [-0.25, -0.2) is 26.6 Å². The topological polar surface area (TPSA) is 141 Å². The summed E-state index contributed by atoms with van der Waals surface area (Å²) in [5, 5.41) is 18.1. The van der Waals surface area contributed by atoms with E-state index in [4.69, 9.17) is 11.6 Å². The predicted octanol–water partition coefficient (Wildman–Crippen LogP) is 2.58. The highest BCUT2D eigenvalue weighted by molar-refractivity contribution is 7.92. The summed E-state index contributed by atoms with van der Waals surface area (Å²) in [6, 6.07) is 21.0. The summed E-state index contributed by atoms with van der Waals surface area (Å²) in [5.74, 6) is -0.139. The molecule has 1 aliphatic heterocycles. The first kappa shape index (κ1) is 26.6. The Bertz CT molecular complexity index is 1580. The minimum atomic E-state index is -4.20. The average molecular weight is 562 g/mol. The lowest BCUT2D eigenvalue weighted by Gasteiger charge is -2.26. The molecule has 0 fully saturated rings. The molecule has 3 aromatic carbocycles. The lowest BCUT2D eigenvalue weighted by Crippen LogP contribution is -2.45. The normalized spacial score (nSPS) is 18.4. The molecular weight excluding hydrogens is 538 g/mol. The summed E-state index contributed by atoms with van der Waals surface area (Å²) in [6.45, 7) is -0.125. The van der Waals surface area contributed by atoms with Crippen molar-refractivity contribution in [2.24, 2.45) is 10.1 Å². The molecule has 0 saturated heterocycles. The molecule has 0 spiro atoms. The number of benzene rings is 3. The van der Waals surface area contributed by atoms with Crippen molar-refractivity contribution in [1.82, 2.24) is 9.73 Å². The van der Waals surface area contributed by atoms with Crippen LogP contribution in [0.1, 0.15) is 11.1 Å². The molecule has 37 heavy (non-hydrogen) atoms. The Balaban J connectivity index is 1.69. The number of guanidine groups is 1. The van der Waals surface area contributed by atoms with Gasteiger partial charge in [0.2, 0.25) is 16.0 Å². The van der Waals surface area contributed by atoms with Gasteiger partial charge in [0.15, 0.2) is 5.60 Å². The molecule has 0 bridgehead atoms. The smallest absolute Gasteiger partial charge is 0.264 e. The van der Waals surface area contributed by atoms with Crippen LogP contribution >= 0.6 is 11.6 Å². The number of sulfonamides is 2. The van der Waals surface area contributed by atoms with Crippen molar-refractivity contribution in [1.29, 1.82) is 0 Å². The van der Waals surface area contributed by atoms with E-state index in [1.807, 2.05) is 6.07 Å². The first-order chi connectivity index (χ1) is 17.4. The molecule has 10 nitrogen and oxygen atoms in total. The zero-order valence-electron chi connectivity index (χ0n) is 19.8. The number of halogens is 1. The SMILES string of the molecule is CN=C(NS(=O)(=O)c1cccc(NS(C)(=O)=O)c1)N1CC(O)(c2ccccc2)C(c2ccc(Cl)cc2)=N1. The predicted molar refractivity (Wildman–Crippen MR) is 144 cm³/mol. The zero-order chi connectivity index (χ0) is 26.8. The Morgan fingerprint density at radius 2 is 1.70 bits per heavy atom. The molecule has 3 N–H and O–H groups in total. The van der Waals surface area contributed by atoms with E-state index in [0.29, 0.717) is 16.1 Å². The number of hydrogen-bond acceptors (Lipinski definition) is 7. The molecule has 0 amide bonds. The number of aliphatic hydroxyl groups is 1. The summed E-state index contributed by atoms with van der Waals surface area (Å²) in [5.41, 5.74) is -0.0613. The Morgan fingerprint density at radius 1 is 1.03 bits per heavy atom. The fourth-order valence-electron chi connectivity index (χ4n) is 3.83. The maximum atomic E-state index is 13.2. The molecule has 1 unspecified atom stereocenters. The monoisotopic (exact) mass is 561 g/mol. The molecule has 0 saturated carbocycles. The number of anilines is 1. The summed E-state index contributed by atoms with van der Waals surface area (Å²) < 4.78 is 54.1. The summed E-state index contributed by atoms with van der Waals surface area (Å²) in [7, 11) is -6.42. The van der Waals surface area contributed by atoms with Crippen LogP contribution in [-0.2, 0) is 25.6 Å². The second kappa shape index (κ2) is 10.1. The van der Waals surface area contributed by atoms with Crippen molar-refractivity contribution in [2.45, 2.75) is 10.5 Å². The Hall–Kier alpha value is -3.45. The average Bonchev–Trinajstić information content (AvgIpc) is 3.21. The largest absolute Gasteiger partial charge is 0.377 e. The lowest BCUT2D eigenvalue weighted by molar-refractivity contribution is 0.104. The Morgan fingerprint density at radius 3 is 2.32 bits per heavy atom. The van der Waals surface area contributed by atoms with Crippen molar-refractivity contribution in [2.75, 3.05) is 24.6 Å². The highest BCUT2D eigenvalue weighted by atomic mass is 35.5. The second-order valence-corrected chi connectivity index (χ2v) is 12.2. The van der Waals surface area contributed by atoms with Gasteiger partial charge < -0.3 is 5.11 Å². The molecule has 13 heteroatoms. The van der Waals surface area contributed by atoms with Gasteiger partial charge in [-0.2, -0.15) is 5.10 Å². The fourth-order valence-corrected chi connectivity index (χ4v) is 5.61. The van der Waals surface area contributed by atoms with E-state index >= 15 is 0 Å². The van der Waals surface area contributed by atoms with E-state index in [2.05, 4.69) is 19.5 Å².